The first kappa shape index (κ1) is 24.4. The Balaban J connectivity index is 1.74. The van der Waals surface area contributed by atoms with Gasteiger partial charge in [0.15, 0.2) is 0 Å². The minimum Gasteiger partial charge on any atom is -0.491 e. The molecule has 1 aliphatic heterocycles. The first-order chi connectivity index (χ1) is 15.4. The molecule has 0 fully saturated rings. The Morgan fingerprint density at radius 3 is 2.72 bits per heavy atom. The van der Waals surface area contributed by atoms with Crippen LogP contribution in [0, 0.1) is 0 Å². The van der Waals surface area contributed by atoms with Crippen LogP contribution in [0.25, 0.3) is 0 Å². The number of benzene rings is 1. The number of thiophene rings is 1. The summed E-state index contributed by atoms with van der Waals surface area (Å²) in [5.41, 5.74) is 1.11. The number of ether oxygens (including phenoxy) is 2. The van der Waals surface area contributed by atoms with Crippen molar-refractivity contribution < 1.29 is 19.1 Å². The first-order valence-electron chi connectivity index (χ1n) is 10.7. The van der Waals surface area contributed by atoms with Gasteiger partial charge in [0.05, 0.1) is 12.6 Å². The maximum atomic E-state index is 13.4. The monoisotopic (exact) mass is 479 g/mol. The third kappa shape index (κ3) is 6.37. The molecule has 0 saturated carbocycles. The van der Waals surface area contributed by atoms with Crippen molar-refractivity contribution >= 4 is 34.9 Å². The Bertz CT molecular complexity index is 903. The summed E-state index contributed by atoms with van der Waals surface area (Å²) in [5.74, 6) is 0.587. The van der Waals surface area contributed by atoms with Gasteiger partial charge in [-0.05, 0) is 61.5 Å². The summed E-state index contributed by atoms with van der Waals surface area (Å²) in [6, 6.07) is 8.73. The van der Waals surface area contributed by atoms with Crippen molar-refractivity contribution in [3.8, 4) is 5.75 Å². The minimum absolute atomic E-state index is 0.0151. The molecule has 0 aliphatic carbocycles. The summed E-state index contributed by atoms with van der Waals surface area (Å²) in [5, 5.41) is 5.55. The van der Waals surface area contributed by atoms with Gasteiger partial charge in [0.25, 0.3) is 0 Å². The molecule has 1 N–H and O–H groups in total. The lowest BCUT2D eigenvalue weighted by molar-refractivity contribution is -0.135. The average Bonchev–Trinajstić information content (AvgIpc) is 3.24. The van der Waals surface area contributed by atoms with E-state index in [9.17, 15) is 9.59 Å². The number of methoxy groups -OCH3 is 1. The summed E-state index contributed by atoms with van der Waals surface area (Å²) in [4.78, 5) is 30.6. The van der Waals surface area contributed by atoms with Gasteiger partial charge in [-0.15, -0.1) is 11.3 Å². The molecule has 1 aromatic heterocycles. The van der Waals surface area contributed by atoms with Crippen LogP contribution in [0.1, 0.15) is 30.3 Å². The van der Waals surface area contributed by atoms with E-state index < -0.39 is 0 Å². The zero-order valence-corrected chi connectivity index (χ0v) is 20.2. The molecule has 174 valence electrons. The Kier molecular flexibility index (Phi) is 8.78. The molecule has 1 aliphatic rings. The number of amides is 3. The molecule has 1 unspecified atom stereocenters. The predicted molar refractivity (Wildman–Crippen MR) is 127 cm³/mol. The number of hydrogen-bond acceptors (Lipinski definition) is 5. The van der Waals surface area contributed by atoms with E-state index in [4.69, 9.17) is 21.1 Å². The highest BCUT2D eigenvalue weighted by Gasteiger charge is 2.33. The average molecular weight is 480 g/mol. The van der Waals surface area contributed by atoms with Crippen molar-refractivity contribution in [3.05, 3.63) is 51.2 Å². The second-order valence-corrected chi connectivity index (χ2v) is 9.37. The zero-order chi connectivity index (χ0) is 23.1. The van der Waals surface area contributed by atoms with Crippen molar-refractivity contribution in [2.24, 2.45) is 0 Å². The molecule has 0 spiro atoms. The highest BCUT2D eigenvalue weighted by Crippen LogP contribution is 2.34. The number of halogens is 1. The van der Waals surface area contributed by atoms with Crippen molar-refractivity contribution in [2.75, 3.05) is 40.0 Å². The molecule has 1 aromatic carbocycles. The predicted octanol–water partition coefficient (Wildman–Crippen LogP) is 3.97. The van der Waals surface area contributed by atoms with Crippen LogP contribution in [0.3, 0.4) is 0 Å². The summed E-state index contributed by atoms with van der Waals surface area (Å²) in [6.45, 7) is 5.38. The van der Waals surface area contributed by atoms with Crippen LogP contribution in [-0.4, -0.2) is 67.7 Å². The van der Waals surface area contributed by atoms with Gasteiger partial charge in [0.1, 0.15) is 18.9 Å². The molecule has 3 rings (SSSR count). The van der Waals surface area contributed by atoms with Crippen LogP contribution in [0.5, 0.6) is 5.75 Å². The summed E-state index contributed by atoms with van der Waals surface area (Å²) in [6.07, 6.45) is 0.798. The topological polar surface area (TPSA) is 71.1 Å². The zero-order valence-electron chi connectivity index (χ0n) is 18.7. The Labute approximate surface area is 198 Å². The van der Waals surface area contributed by atoms with Crippen molar-refractivity contribution in [1.82, 2.24) is 15.1 Å². The fraction of sp³-hybridized carbons (Fsp3) is 0.478. The van der Waals surface area contributed by atoms with Gasteiger partial charge >= 0.3 is 6.03 Å². The van der Waals surface area contributed by atoms with Gasteiger partial charge < -0.3 is 24.6 Å². The van der Waals surface area contributed by atoms with Gasteiger partial charge in [-0.1, -0.05) is 11.6 Å². The van der Waals surface area contributed by atoms with Crippen LogP contribution in [0.4, 0.5) is 4.79 Å². The molecular formula is C23H30ClN3O4S. The Morgan fingerprint density at radius 1 is 1.28 bits per heavy atom. The number of nitrogens with zero attached hydrogens (tertiary/aromatic N) is 2. The summed E-state index contributed by atoms with van der Waals surface area (Å²) in [7, 11) is 1.58. The number of urea groups is 1. The minimum atomic E-state index is -0.271. The summed E-state index contributed by atoms with van der Waals surface area (Å²) < 4.78 is 11.1. The number of fused-ring (bicyclic) bond motifs is 1. The van der Waals surface area contributed by atoms with E-state index in [1.807, 2.05) is 30.9 Å². The van der Waals surface area contributed by atoms with Crippen molar-refractivity contribution in [2.45, 2.75) is 32.4 Å². The van der Waals surface area contributed by atoms with E-state index in [1.54, 1.807) is 30.6 Å². The Morgan fingerprint density at radius 2 is 2.03 bits per heavy atom. The number of carbonyl (C=O) groups is 2. The van der Waals surface area contributed by atoms with Crippen LogP contribution in [-0.2, 0) is 16.0 Å². The normalized spacial score (nSPS) is 15.4. The third-order valence-corrected chi connectivity index (χ3v) is 6.48. The van der Waals surface area contributed by atoms with Gasteiger partial charge in [-0.3, -0.25) is 4.79 Å². The second-order valence-electron chi connectivity index (χ2n) is 7.94. The van der Waals surface area contributed by atoms with Gasteiger partial charge in [0, 0.05) is 36.1 Å². The van der Waals surface area contributed by atoms with Crippen LogP contribution in [0.15, 0.2) is 35.7 Å². The van der Waals surface area contributed by atoms with E-state index in [-0.39, 0.29) is 30.6 Å². The standard InChI is InChI=1S/C23H30ClN3O4S/c1-16(2)25-23(29)26(11-12-30-3)14-22(28)27-10-8-21-19(9-13-32-21)20(27)15-31-18-6-4-17(24)5-7-18/h4-7,9,13,16,20H,8,10-12,14-15H2,1-3H3,(H,25,29). The maximum Gasteiger partial charge on any atom is 0.318 e. The highest BCUT2D eigenvalue weighted by molar-refractivity contribution is 7.10. The molecule has 2 aromatic rings. The molecule has 1 atom stereocenters. The van der Waals surface area contributed by atoms with E-state index in [0.29, 0.717) is 37.1 Å². The van der Waals surface area contributed by atoms with Crippen molar-refractivity contribution in [3.63, 3.8) is 0 Å². The van der Waals surface area contributed by atoms with Crippen LogP contribution >= 0.6 is 22.9 Å². The van der Waals surface area contributed by atoms with Gasteiger partial charge in [-0.2, -0.15) is 0 Å². The number of carbonyl (C=O) groups excluding carboxylic acids is 2. The molecule has 0 saturated heterocycles. The highest BCUT2D eigenvalue weighted by atomic mass is 35.5. The lowest BCUT2D eigenvalue weighted by atomic mass is 10.0. The van der Waals surface area contributed by atoms with E-state index >= 15 is 0 Å². The quantitative estimate of drug-likeness (QED) is 0.590. The molecule has 32 heavy (non-hydrogen) atoms. The SMILES string of the molecule is COCCN(CC(=O)N1CCc2sccc2C1COc1ccc(Cl)cc1)C(=O)NC(C)C. The summed E-state index contributed by atoms with van der Waals surface area (Å²) >= 11 is 7.67. The van der Waals surface area contributed by atoms with Crippen LogP contribution < -0.4 is 10.1 Å². The maximum absolute atomic E-state index is 13.4. The molecule has 0 bridgehead atoms. The number of hydrogen-bond donors (Lipinski definition) is 1. The second kappa shape index (κ2) is 11.5. The van der Waals surface area contributed by atoms with Crippen molar-refractivity contribution in [1.29, 1.82) is 0 Å². The van der Waals surface area contributed by atoms with E-state index in [2.05, 4.69) is 16.8 Å². The molecular weight excluding hydrogens is 450 g/mol. The molecule has 2 heterocycles. The lowest BCUT2D eigenvalue weighted by Crippen LogP contribution is -2.51. The number of rotatable bonds is 9. The fourth-order valence-corrected chi connectivity index (χ4v) is 4.68. The fourth-order valence-electron chi connectivity index (χ4n) is 3.63. The number of nitrogens with one attached hydrogen (secondary N) is 1. The van der Waals surface area contributed by atoms with Crippen LogP contribution in [0.2, 0.25) is 5.02 Å². The first-order valence-corrected chi connectivity index (χ1v) is 11.9. The molecule has 0 radical (unpaired) electrons. The Hall–Kier alpha value is -2.29. The smallest absolute Gasteiger partial charge is 0.318 e. The third-order valence-electron chi connectivity index (χ3n) is 5.23. The van der Waals surface area contributed by atoms with E-state index in [0.717, 1.165) is 12.0 Å². The van der Waals surface area contributed by atoms with Gasteiger partial charge in [-0.25, -0.2) is 4.79 Å². The lowest BCUT2D eigenvalue weighted by Gasteiger charge is -2.37. The molecule has 7 nitrogen and oxygen atoms in total. The molecule has 9 heteroatoms. The van der Waals surface area contributed by atoms with Gasteiger partial charge in [0.2, 0.25) is 5.91 Å². The largest absolute Gasteiger partial charge is 0.491 e. The molecule has 3 amide bonds. The van der Waals surface area contributed by atoms with E-state index in [1.165, 1.54) is 9.78 Å².